The average molecular weight is 648 g/mol. The minimum atomic E-state index is -0.00836. The van der Waals surface area contributed by atoms with Gasteiger partial charge in [0, 0.05) is 27.1 Å². The summed E-state index contributed by atoms with van der Waals surface area (Å²) in [6.07, 6.45) is 0. The first-order chi connectivity index (χ1) is 24.0. The highest BCUT2D eigenvalue weighted by atomic mass is 15.1. The Hall–Kier alpha value is -6.17. The standard InChI is InChI=1S/C45H37N5/c1-44(2,3)30-18-20-40-35(24-30)33-13-7-9-16-38(33)49(40)42-22-29(32-15-11-12-28(26-46)37(32)27-47)23-43(48-42)50-39-17-10-8-14-34(39)36-25-31(45(4,5)6)19-21-41(36)50/h7-25H,1-6H3. The molecule has 5 aromatic carbocycles. The molecule has 5 nitrogen and oxygen atoms in total. The van der Waals surface area contributed by atoms with Crippen LogP contribution in [0.5, 0.6) is 0 Å². The number of benzene rings is 5. The van der Waals surface area contributed by atoms with E-state index in [2.05, 4.69) is 160 Å². The Morgan fingerprint density at radius 2 is 0.980 bits per heavy atom. The number of aromatic nitrogens is 3. The van der Waals surface area contributed by atoms with Gasteiger partial charge in [0.2, 0.25) is 0 Å². The molecular formula is C45H37N5. The molecule has 0 fully saturated rings. The molecule has 0 bridgehead atoms. The lowest BCUT2D eigenvalue weighted by Gasteiger charge is -2.19. The summed E-state index contributed by atoms with van der Waals surface area (Å²) in [5, 5.41) is 24.9. The van der Waals surface area contributed by atoms with Crippen molar-refractivity contribution in [3.63, 3.8) is 0 Å². The summed E-state index contributed by atoms with van der Waals surface area (Å²) in [5.41, 5.74) is 8.93. The molecule has 3 aromatic heterocycles. The van der Waals surface area contributed by atoms with Crippen LogP contribution in [0.25, 0.3) is 66.4 Å². The second-order valence-corrected chi connectivity index (χ2v) is 15.2. The molecule has 0 aliphatic carbocycles. The van der Waals surface area contributed by atoms with Gasteiger partial charge in [0.05, 0.1) is 33.2 Å². The summed E-state index contributed by atoms with van der Waals surface area (Å²) in [6, 6.07) is 44.5. The quantitative estimate of drug-likeness (QED) is 0.192. The fourth-order valence-corrected chi connectivity index (χ4v) is 7.27. The predicted molar refractivity (Wildman–Crippen MR) is 205 cm³/mol. The first-order valence-electron chi connectivity index (χ1n) is 17.0. The van der Waals surface area contributed by atoms with Crippen molar-refractivity contribution in [3.8, 4) is 34.9 Å². The van der Waals surface area contributed by atoms with E-state index < -0.39 is 0 Å². The zero-order valence-corrected chi connectivity index (χ0v) is 29.2. The molecule has 0 aliphatic heterocycles. The van der Waals surface area contributed by atoms with Crippen LogP contribution in [0, 0.1) is 22.7 Å². The highest BCUT2D eigenvalue weighted by Gasteiger charge is 2.23. The fraction of sp³-hybridized carbons (Fsp3) is 0.178. The summed E-state index contributed by atoms with van der Waals surface area (Å²) in [7, 11) is 0. The van der Waals surface area contributed by atoms with Gasteiger partial charge in [0.1, 0.15) is 23.8 Å². The molecule has 3 heterocycles. The maximum absolute atomic E-state index is 10.3. The number of pyridine rings is 1. The Balaban J connectivity index is 1.50. The third kappa shape index (κ3) is 4.86. The number of para-hydroxylation sites is 2. The first kappa shape index (κ1) is 31.1. The normalized spacial score (nSPS) is 12.2. The largest absolute Gasteiger partial charge is 0.294 e. The minimum Gasteiger partial charge on any atom is -0.294 e. The molecule has 8 aromatic rings. The summed E-state index contributed by atoms with van der Waals surface area (Å²) in [6.45, 7) is 13.4. The number of rotatable bonds is 3. The molecule has 0 spiro atoms. The Labute approximate surface area is 292 Å². The van der Waals surface area contributed by atoms with Gasteiger partial charge in [-0.25, -0.2) is 4.98 Å². The monoisotopic (exact) mass is 647 g/mol. The molecule has 0 amide bonds. The highest BCUT2D eigenvalue weighted by Crippen LogP contribution is 2.39. The Morgan fingerprint density at radius 3 is 1.44 bits per heavy atom. The topological polar surface area (TPSA) is 70.3 Å². The summed E-state index contributed by atoms with van der Waals surface area (Å²) in [5.74, 6) is 1.46. The fourth-order valence-electron chi connectivity index (χ4n) is 7.27. The SMILES string of the molecule is CC(C)(C)c1ccc2c(c1)c1ccccc1n2-c1cc(-c2cccc(C#N)c2C#N)cc(-n2c3ccccc3c3cc(C(C)(C)C)ccc32)n1. The Kier molecular flexibility index (Phi) is 6.97. The van der Waals surface area contributed by atoms with Gasteiger partial charge in [-0.1, -0.05) is 102 Å². The highest BCUT2D eigenvalue weighted by molar-refractivity contribution is 6.10. The van der Waals surface area contributed by atoms with Crippen LogP contribution in [-0.4, -0.2) is 14.1 Å². The van der Waals surface area contributed by atoms with E-state index in [0.717, 1.165) is 60.8 Å². The van der Waals surface area contributed by atoms with Crippen molar-refractivity contribution in [1.82, 2.24) is 14.1 Å². The second-order valence-electron chi connectivity index (χ2n) is 15.2. The predicted octanol–water partition coefficient (Wildman–Crippen LogP) is 11.3. The molecule has 50 heavy (non-hydrogen) atoms. The van der Waals surface area contributed by atoms with Gasteiger partial charge in [-0.15, -0.1) is 0 Å². The van der Waals surface area contributed by atoms with Crippen molar-refractivity contribution in [1.29, 1.82) is 10.5 Å². The molecule has 0 aliphatic rings. The maximum Gasteiger partial charge on any atom is 0.140 e. The average Bonchev–Trinajstić information content (AvgIpc) is 3.62. The summed E-state index contributed by atoms with van der Waals surface area (Å²) >= 11 is 0. The number of hydrogen-bond donors (Lipinski definition) is 0. The van der Waals surface area contributed by atoms with Gasteiger partial charge < -0.3 is 0 Å². The molecule has 0 N–H and O–H groups in total. The number of fused-ring (bicyclic) bond motifs is 6. The molecular weight excluding hydrogens is 611 g/mol. The Bertz CT molecular complexity index is 2600. The first-order valence-corrected chi connectivity index (χ1v) is 17.0. The van der Waals surface area contributed by atoms with E-state index in [9.17, 15) is 10.5 Å². The minimum absolute atomic E-state index is 0.00836. The van der Waals surface area contributed by atoms with E-state index in [0.29, 0.717) is 16.7 Å². The van der Waals surface area contributed by atoms with Crippen LogP contribution in [0.1, 0.15) is 63.8 Å². The number of hydrogen-bond acceptors (Lipinski definition) is 3. The van der Waals surface area contributed by atoms with Crippen molar-refractivity contribution in [2.24, 2.45) is 0 Å². The maximum atomic E-state index is 10.3. The zero-order chi connectivity index (χ0) is 34.9. The molecule has 0 radical (unpaired) electrons. The smallest absolute Gasteiger partial charge is 0.140 e. The van der Waals surface area contributed by atoms with E-state index in [1.54, 1.807) is 6.07 Å². The van der Waals surface area contributed by atoms with E-state index >= 15 is 0 Å². The van der Waals surface area contributed by atoms with Gasteiger partial charge in [-0.2, -0.15) is 10.5 Å². The van der Waals surface area contributed by atoms with Crippen LogP contribution in [-0.2, 0) is 10.8 Å². The molecule has 242 valence electrons. The van der Waals surface area contributed by atoms with Gasteiger partial charge in [0.25, 0.3) is 0 Å². The van der Waals surface area contributed by atoms with Crippen LogP contribution < -0.4 is 0 Å². The van der Waals surface area contributed by atoms with Crippen LogP contribution >= 0.6 is 0 Å². The van der Waals surface area contributed by atoms with Crippen LogP contribution in [0.2, 0.25) is 0 Å². The van der Waals surface area contributed by atoms with E-state index in [1.165, 1.54) is 11.1 Å². The molecule has 8 rings (SSSR count). The lowest BCUT2D eigenvalue weighted by atomic mass is 9.86. The van der Waals surface area contributed by atoms with Crippen LogP contribution in [0.3, 0.4) is 0 Å². The van der Waals surface area contributed by atoms with Crippen molar-refractivity contribution < 1.29 is 0 Å². The van der Waals surface area contributed by atoms with Crippen LogP contribution in [0.15, 0.2) is 115 Å². The van der Waals surface area contributed by atoms with E-state index in [1.807, 2.05) is 12.1 Å². The van der Waals surface area contributed by atoms with E-state index in [4.69, 9.17) is 4.98 Å². The molecule has 0 saturated carbocycles. The molecule has 0 unspecified atom stereocenters. The molecule has 5 heteroatoms. The van der Waals surface area contributed by atoms with E-state index in [-0.39, 0.29) is 10.8 Å². The zero-order valence-electron chi connectivity index (χ0n) is 29.2. The van der Waals surface area contributed by atoms with Crippen molar-refractivity contribution in [2.75, 3.05) is 0 Å². The van der Waals surface area contributed by atoms with Crippen molar-refractivity contribution >= 4 is 43.6 Å². The lowest BCUT2D eigenvalue weighted by molar-refractivity contribution is 0.591. The third-order valence-corrected chi connectivity index (χ3v) is 9.94. The number of nitrogens with zero attached hydrogens (tertiary/aromatic N) is 5. The summed E-state index contributed by atoms with van der Waals surface area (Å²) < 4.78 is 4.46. The number of nitriles is 2. The van der Waals surface area contributed by atoms with Crippen molar-refractivity contribution in [2.45, 2.75) is 52.4 Å². The van der Waals surface area contributed by atoms with Gasteiger partial charge in [-0.05, 0) is 82.1 Å². The Morgan fingerprint density at radius 1 is 0.500 bits per heavy atom. The third-order valence-electron chi connectivity index (χ3n) is 9.94. The molecule has 0 saturated heterocycles. The second kappa shape index (κ2) is 11.2. The molecule has 0 atom stereocenters. The lowest BCUT2D eigenvalue weighted by Crippen LogP contribution is -2.10. The van der Waals surface area contributed by atoms with Gasteiger partial charge in [0.15, 0.2) is 0 Å². The van der Waals surface area contributed by atoms with Gasteiger partial charge >= 0.3 is 0 Å². The summed E-state index contributed by atoms with van der Waals surface area (Å²) in [4.78, 5) is 5.46. The van der Waals surface area contributed by atoms with Gasteiger partial charge in [-0.3, -0.25) is 9.13 Å². The van der Waals surface area contributed by atoms with Crippen molar-refractivity contribution in [3.05, 3.63) is 138 Å². The van der Waals surface area contributed by atoms with Crippen LogP contribution in [0.4, 0.5) is 0 Å².